The highest BCUT2D eigenvalue weighted by molar-refractivity contribution is 5.66. The Morgan fingerprint density at radius 1 is 1.28 bits per heavy atom. The zero-order chi connectivity index (χ0) is 13.0. The predicted octanol–water partition coefficient (Wildman–Crippen LogP) is 1.64. The largest absolute Gasteiger partial charge is 0.479 e. The van der Waals surface area contributed by atoms with Crippen LogP contribution in [0, 0.1) is 0 Å². The summed E-state index contributed by atoms with van der Waals surface area (Å²) in [4.78, 5) is 12.3. The molecule has 18 heavy (non-hydrogen) atoms. The van der Waals surface area contributed by atoms with E-state index in [4.69, 9.17) is 10.5 Å². The highest BCUT2D eigenvalue weighted by Gasteiger charge is 2.12. The molecular weight excluding hydrogens is 230 g/mol. The first kappa shape index (κ1) is 12.1. The molecule has 2 aromatic heterocycles. The molecule has 1 atom stereocenters. The molecule has 0 aliphatic rings. The molecule has 2 aromatic rings. The van der Waals surface area contributed by atoms with Gasteiger partial charge in [-0.3, -0.25) is 4.98 Å². The van der Waals surface area contributed by atoms with Crippen LogP contribution < -0.4 is 15.8 Å². The number of nitrogens with one attached hydrogen (secondary N) is 1. The lowest BCUT2D eigenvalue weighted by atomic mass is 10.2. The van der Waals surface area contributed by atoms with Crippen LogP contribution in [0.5, 0.6) is 5.88 Å². The number of ether oxygens (including phenoxy) is 1. The number of anilines is 2. The Hall–Kier alpha value is -2.37. The average Bonchev–Trinajstić information content (AvgIpc) is 2.42. The highest BCUT2D eigenvalue weighted by atomic mass is 16.5. The molecule has 0 aromatic carbocycles. The van der Waals surface area contributed by atoms with Gasteiger partial charge in [-0.1, -0.05) is 6.07 Å². The molecule has 0 spiro atoms. The molecule has 94 valence electrons. The van der Waals surface area contributed by atoms with E-state index >= 15 is 0 Å². The smallest absolute Gasteiger partial charge is 0.242 e. The van der Waals surface area contributed by atoms with E-state index in [2.05, 4.69) is 20.3 Å². The second kappa shape index (κ2) is 5.31. The van der Waals surface area contributed by atoms with Crippen LogP contribution in [0.15, 0.2) is 30.7 Å². The van der Waals surface area contributed by atoms with Gasteiger partial charge in [-0.15, -0.1) is 0 Å². The number of hydrogen-bond donors (Lipinski definition) is 2. The van der Waals surface area contributed by atoms with Crippen molar-refractivity contribution in [3.05, 3.63) is 36.4 Å². The van der Waals surface area contributed by atoms with E-state index < -0.39 is 0 Å². The molecule has 0 fully saturated rings. The van der Waals surface area contributed by atoms with Crippen LogP contribution in [0.25, 0.3) is 0 Å². The molecule has 0 saturated heterocycles. The first-order chi connectivity index (χ1) is 8.72. The number of rotatable bonds is 4. The van der Waals surface area contributed by atoms with Gasteiger partial charge in [-0.2, -0.15) is 4.98 Å². The number of nitrogens with zero attached hydrogens (tertiary/aromatic N) is 3. The van der Waals surface area contributed by atoms with Gasteiger partial charge < -0.3 is 15.8 Å². The van der Waals surface area contributed by atoms with Crippen LogP contribution in [0.3, 0.4) is 0 Å². The summed E-state index contributed by atoms with van der Waals surface area (Å²) in [6, 6.07) is 5.74. The number of pyridine rings is 1. The molecule has 0 amide bonds. The topological polar surface area (TPSA) is 86.0 Å². The van der Waals surface area contributed by atoms with Gasteiger partial charge in [0.25, 0.3) is 0 Å². The van der Waals surface area contributed by atoms with Gasteiger partial charge in [-0.05, 0) is 19.1 Å². The highest BCUT2D eigenvalue weighted by Crippen LogP contribution is 2.26. The van der Waals surface area contributed by atoms with Crippen molar-refractivity contribution in [3.8, 4) is 5.88 Å². The molecule has 0 radical (unpaired) electrons. The van der Waals surface area contributed by atoms with Gasteiger partial charge >= 0.3 is 0 Å². The number of hydrogen-bond acceptors (Lipinski definition) is 6. The van der Waals surface area contributed by atoms with Crippen LogP contribution >= 0.6 is 0 Å². The Kier molecular flexibility index (Phi) is 3.57. The van der Waals surface area contributed by atoms with Crippen molar-refractivity contribution in [1.82, 2.24) is 15.0 Å². The number of nitrogen functional groups attached to an aromatic ring is 1. The van der Waals surface area contributed by atoms with E-state index in [0.29, 0.717) is 17.4 Å². The number of nitrogens with two attached hydrogens (primary N) is 1. The summed E-state index contributed by atoms with van der Waals surface area (Å²) >= 11 is 0. The molecule has 2 rings (SSSR count). The molecule has 0 aliphatic carbocycles. The fourth-order valence-electron chi connectivity index (χ4n) is 1.57. The maximum absolute atomic E-state index is 5.89. The van der Waals surface area contributed by atoms with Crippen molar-refractivity contribution >= 4 is 11.5 Å². The number of aromatic nitrogens is 3. The SMILES string of the molecule is COc1ncnc(NC(C)c2ccccn2)c1N. The third kappa shape index (κ3) is 2.48. The minimum Gasteiger partial charge on any atom is -0.479 e. The minimum atomic E-state index is -0.00638. The summed E-state index contributed by atoms with van der Waals surface area (Å²) in [6.07, 6.45) is 3.15. The van der Waals surface area contributed by atoms with Crippen molar-refractivity contribution in [2.24, 2.45) is 0 Å². The zero-order valence-corrected chi connectivity index (χ0v) is 10.3. The molecule has 1 unspecified atom stereocenters. The Bertz CT molecular complexity index is 517. The molecule has 0 saturated carbocycles. The fraction of sp³-hybridized carbons (Fsp3) is 0.250. The third-order valence-electron chi connectivity index (χ3n) is 2.53. The van der Waals surface area contributed by atoms with Gasteiger partial charge in [0.1, 0.15) is 12.0 Å². The van der Waals surface area contributed by atoms with Gasteiger partial charge in [0.2, 0.25) is 5.88 Å². The van der Waals surface area contributed by atoms with Gasteiger partial charge in [0.05, 0.1) is 18.8 Å². The molecule has 6 nitrogen and oxygen atoms in total. The molecular formula is C12H15N5O. The molecule has 0 bridgehead atoms. The molecule has 0 aliphatic heterocycles. The standard InChI is InChI=1S/C12H15N5O/c1-8(9-5-3-4-6-14-9)17-11-10(13)12(18-2)16-7-15-11/h3-8H,13H2,1-2H3,(H,15,16,17). The summed E-state index contributed by atoms with van der Waals surface area (Å²) in [5.41, 5.74) is 7.19. The van der Waals surface area contributed by atoms with Crippen molar-refractivity contribution < 1.29 is 4.74 Å². The van der Waals surface area contributed by atoms with Crippen LogP contribution in [0.4, 0.5) is 11.5 Å². The zero-order valence-electron chi connectivity index (χ0n) is 10.3. The van der Waals surface area contributed by atoms with E-state index in [-0.39, 0.29) is 6.04 Å². The first-order valence-electron chi connectivity index (χ1n) is 5.54. The van der Waals surface area contributed by atoms with E-state index in [0.717, 1.165) is 5.69 Å². The van der Waals surface area contributed by atoms with Crippen LogP contribution in [0.2, 0.25) is 0 Å². The van der Waals surface area contributed by atoms with Crippen molar-refractivity contribution in [3.63, 3.8) is 0 Å². The van der Waals surface area contributed by atoms with Crippen molar-refractivity contribution in [1.29, 1.82) is 0 Å². The van der Waals surface area contributed by atoms with Crippen LogP contribution in [-0.4, -0.2) is 22.1 Å². The van der Waals surface area contributed by atoms with Crippen LogP contribution in [-0.2, 0) is 0 Å². The lowest BCUT2D eigenvalue weighted by Gasteiger charge is -2.15. The van der Waals surface area contributed by atoms with E-state index in [9.17, 15) is 0 Å². The lowest BCUT2D eigenvalue weighted by molar-refractivity contribution is 0.399. The second-order valence-electron chi connectivity index (χ2n) is 3.77. The van der Waals surface area contributed by atoms with Crippen molar-refractivity contribution in [2.45, 2.75) is 13.0 Å². The minimum absolute atomic E-state index is 0.00638. The summed E-state index contributed by atoms with van der Waals surface area (Å²) in [5, 5.41) is 3.18. The molecule has 6 heteroatoms. The van der Waals surface area contributed by atoms with E-state index in [1.807, 2.05) is 25.1 Å². The summed E-state index contributed by atoms with van der Waals surface area (Å²) in [5.74, 6) is 0.903. The summed E-state index contributed by atoms with van der Waals surface area (Å²) < 4.78 is 5.04. The molecule has 2 heterocycles. The first-order valence-corrected chi connectivity index (χ1v) is 5.54. The fourth-order valence-corrected chi connectivity index (χ4v) is 1.57. The average molecular weight is 245 g/mol. The summed E-state index contributed by atoms with van der Waals surface area (Å²) in [6.45, 7) is 1.98. The quantitative estimate of drug-likeness (QED) is 0.851. The van der Waals surface area contributed by atoms with Crippen LogP contribution in [0.1, 0.15) is 18.7 Å². The normalized spacial score (nSPS) is 11.9. The predicted molar refractivity (Wildman–Crippen MR) is 69.3 cm³/mol. The van der Waals surface area contributed by atoms with Gasteiger partial charge in [-0.25, -0.2) is 4.98 Å². The van der Waals surface area contributed by atoms with E-state index in [1.54, 1.807) is 6.20 Å². The Labute approximate surface area is 105 Å². The maximum Gasteiger partial charge on any atom is 0.242 e. The van der Waals surface area contributed by atoms with E-state index in [1.165, 1.54) is 13.4 Å². The second-order valence-corrected chi connectivity index (χ2v) is 3.77. The monoisotopic (exact) mass is 245 g/mol. The van der Waals surface area contributed by atoms with Gasteiger partial charge in [0.15, 0.2) is 5.82 Å². The Morgan fingerprint density at radius 2 is 2.11 bits per heavy atom. The summed E-state index contributed by atoms with van der Waals surface area (Å²) in [7, 11) is 1.52. The maximum atomic E-state index is 5.89. The van der Waals surface area contributed by atoms with Gasteiger partial charge in [0, 0.05) is 6.20 Å². The third-order valence-corrected chi connectivity index (χ3v) is 2.53. The Morgan fingerprint density at radius 3 is 2.78 bits per heavy atom. The number of methoxy groups -OCH3 is 1. The Balaban J connectivity index is 2.19. The van der Waals surface area contributed by atoms with Crippen molar-refractivity contribution in [2.75, 3.05) is 18.2 Å². The lowest BCUT2D eigenvalue weighted by Crippen LogP contribution is -2.12. The molecule has 3 N–H and O–H groups in total.